The summed E-state index contributed by atoms with van der Waals surface area (Å²) in [6, 6.07) is 12.0. The predicted molar refractivity (Wildman–Crippen MR) is 108 cm³/mol. The van der Waals surface area contributed by atoms with Gasteiger partial charge in [-0.2, -0.15) is 10.2 Å². The molecule has 0 amide bonds. The van der Waals surface area contributed by atoms with Gasteiger partial charge in [0.1, 0.15) is 5.82 Å². The maximum atomic E-state index is 9.09. The predicted octanol–water partition coefficient (Wildman–Crippen LogP) is 2.17. The minimum Gasteiger partial charge on any atom is -0.355 e. The van der Waals surface area contributed by atoms with Gasteiger partial charge >= 0.3 is 0 Å². The fraction of sp³-hybridized carbons (Fsp3) is 0.450. The van der Waals surface area contributed by atoms with Crippen LogP contribution >= 0.6 is 0 Å². The van der Waals surface area contributed by atoms with Crippen molar-refractivity contribution >= 4 is 17.5 Å². The van der Waals surface area contributed by atoms with E-state index < -0.39 is 0 Å². The average Bonchev–Trinajstić information content (AvgIpc) is 3.15. The van der Waals surface area contributed by atoms with Crippen molar-refractivity contribution in [3.8, 4) is 6.07 Å². The highest BCUT2D eigenvalue weighted by atomic mass is 15.3. The lowest BCUT2D eigenvalue weighted by molar-refractivity contribution is 0.559. The largest absolute Gasteiger partial charge is 0.355 e. The molecule has 7 heteroatoms. The fourth-order valence-corrected chi connectivity index (χ4v) is 3.30. The molecule has 2 heterocycles. The number of nitriles is 1. The zero-order chi connectivity index (χ0) is 19.1. The second-order valence-electron chi connectivity index (χ2n) is 6.78. The molecule has 142 valence electrons. The van der Waals surface area contributed by atoms with Crippen LogP contribution in [0.4, 0.5) is 17.5 Å². The lowest BCUT2D eigenvalue weighted by Crippen LogP contribution is -2.35. The van der Waals surface area contributed by atoms with Crippen LogP contribution in [0.25, 0.3) is 0 Å². The Balaban J connectivity index is 1.79. The number of nitrogens with one attached hydrogen (secondary N) is 2. The van der Waals surface area contributed by atoms with Crippen molar-refractivity contribution in [2.75, 3.05) is 36.4 Å². The molecule has 7 nitrogen and oxygen atoms in total. The average molecular weight is 365 g/mol. The molecule has 0 saturated carbocycles. The SMILES string of the molecule is CCCc1cc(N2CC[C@H](NCCN)C2)nc(Nc2cccc(C#N)c2)n1. The lowest BCUT2D eigenvalue weighted by atomic mass is 10.2. The third-order valence-electron chi connectivity index (χ3n) is 4.61. The molecular weight excluding hydrogens is 338 g/mol. The highest BCUT2D eigenvalue weighted by molar-refractivity contribution is 5.58. The summed E-state index contributed by atoms with van der Waals surface area (Å²) in [5.41, 5.74) is 8.05. The van der Waals surface area contributed by atoms with Crippen LogP contribution in [0.2, 0.25) is 0 Å². The second-order valence-corrected chi connectivity index (χ2v) is 6.78. The van der Waals surface area contributed by atoms with Gasteiger partial charge in [-0.3, -0.25) is 0 Å². The Morgan fingerprint density at radius 2 is 2.22 bits per heavy atom. The van der Waals surface area contributed by atoms with E-state index in [-0.39, 0.29) is 0 Å². The Bertz CT molecular complexity index is 799. The summed E-state index contributed by atoms with van der Waals surface area (Å²) < 4.78 is 0. The molecule has 1 aliphatic rings. The van der Waals surface area contributed by atoms with E-state index in [9.17, 15) is 0 Å². The van der Waals surface area contributed by atoms with Crippen LogP contribution in [0.5, 0.6) is 0 Å². The Hall–Kier alpha value is -2.69. The molecule has 0 bridgehead atoms. The Morgan fingerprint density at radius 1 is 1.33 bits per heavy atom. The smallest absolute Gasteiger partial charge is 0.229 e. The van der Waals surface area contributed by atoms with Crippen LogP contribution in [0.15, 0.2) is 30.3 Å². The van der Waals surface area contributed by atoms with Gasteiger partial charge in [0.2, 0.25) is 5.95 Å². The normalized spacial score (nSPS) is 16.3. The molecular formula is C20H27N7. The molecule has 0 spiro atoms. The van der Waals surface area contributed by atoms with Crippen LogP contribution in [0.3, 0.4) is 0 Å². The Morgan fingerprint density at radius 3 is 3.00 bits per heavy atom. The van der Waals surface area contributed by atoms with Crippen LogP contribution < -0.4 is 21.3 Å². The van der Waals surface area contributed by atoms with Gasteiger partial charge in [-0.25, -0.2) is 4.98 Å². The first kappa shape index (κ1) is 19.1. The summed E-state index contributed by atoms with van der Waals surface area (Å²) in [5, 5.41) is 15.8. The van der Waals surface area contributed by atoms with Gasteiger partial charge in [0.25, 0.3) is 0 Å². The molecule has 1 aromatic carbocycles. The molecule has 1 aromatic heterocycles. The monoisotopic (exact) mass is 365 g/mol. The summed E-state index contributed by atoms with van der Waals surface area (Å²) in [7, 11) is 0. The van der Waals surface area contributed by atoms with Gasteiger partial charge in [0, 0.05) is 49.7 Å². The van der Waals surface area contributed by atoms with Crippen molar-refractivity contribution in [1.29, 1.82) is 5.26 Å². The molecule has 2 aromatic rings. The first-order valence-electron chi connectivity index (χ1n) is 9.55. The number of hydrogen-bond donors (Lipinski definition) is 3. The van der Waals surface area contributed by atoms with E-state index in [1.807, 2.05) is 12.1 Å². The first-order chi connectivity index (χ1) is 13.2. The molecule has 0 unspecified atom stereocenters. The van der Waals surface area contributed by atoms with E-state index in [0.29, 0.717) is 24.1 Å². The van der Waals surface area contributed by atoms with Gasteiger partial charge in [-0.1, -0.05) is 19.4 Å². The topological polar surface area (TPSA) is 103 Å². The van der Waals surface area contributed by atoms with Crippen molar-refractivity contribution < 1.29 is 0 Å². The van der Waals surface area contributed by atoms with E-state index in [0.717, 1.165) is 56.1 Å². The zero-order valence-electron chi connectivity index (χ0n) is 15.8. The van der Waals surface area contributed by atoms with E-state index in [2.05, 4.69) is 39.6 Å². The van der Waals surface area contributed by atoms with Gasteiger partial charge in [-0.15, -0.1) is 0 Å². The number of hydrogen-bond acceptors (Lipinski definition) is 7. The second kappa shape index (κ2) is 9.31. The molecule has 0 radical (unpaired) electrons. The Kier molecular flexibility index (Phi) is 6.58. The standard InChI is InChI=1S/C20H27N7/c1-2-4-16-12-19(27-10-7-18(14-27)23-9-8-21)26-20(24-16)25-17-6-3-5-15(11-17)13-22/h3,5-6,11-12,18,23H,2,4,7-10,14,21H2,1H3,(H,24,25,26)/t18-/m0/s1. The van der Waals surface area contributed by atoms with Gasteiger partial charge in [0.15, 0.2) is 0 Å². The minimum absolute atomic E-state index is 0.446. The van der Waals surface area contributed by atoms with Crippen LogP contribution in [-0.4, -0.2) is 42.2 Å². The number of anilines is 3. The van der Waals surface area contributed by atoms with Gasteiger partial charge in [-0.05, 0) is 31.0 Å². The molecule has 1 fully saturated rings. The maximum Gasteiger partial charge on any atom is 0.229 e. The van der Waals surface area contributed by atoms with Crippen molar-refractivity contribution in [3.05, 3.63) is 41.6 Å². The third-order valence-corrected chi connectivity index (χ3v) is 4.61. The van der Waals surface area contributed by atoms with Crippen molar-refractivity contribution in [1.82, 2.24) is 15.3 Å². The van der Waals surface area contributed by atoms with E-state index in [1.165, 1.54) is 0 Å². The van der Waals surface area contributed by atoms with Crippen LogP contribution in [-0.2, 0) is 6.42 Å². The quantitative estimate of drug-likeness (QED) is 0.659. The maximum absolute atomic E-state index is 9.09. The number of nitrogens with zero attached hydrogens (tertiary/aromatic N) is 4. The summed E-state index contributed by atoms with van der Waals surface area (Å²) >= 11 is 0. The molecule has 3 rings (SSSR count). The van der Waals surface area contributed by atoms with Crippen molar-refractivity contribution in [3.63, 3.8) is 0 Å². The highest BCUT2D eigenvalue weighted by Gasteiger charge is 2.23. The van der Waals surface area contributed by atoms with E-state index in [4.69, 9.17) is 16.0 Å². The summed E-state index contributed by atoms with van der Waals surface area (Å²) in [6.45, 7) is 5.53. The van der Waals surface area contributed by atoms with Gasteiger partial charge in [0.05, 0.1) is 11.6 Å². The highest BCUT2D eigenvalue weighted by Crippen LogP contribution is 2.23. The Labute approximate surface area is 160 Å². The van der Waals surface area contributed by atoms with Crippen LogP contribution in [0.1, 0.15) is 31.0 Å². The first-order valence-corrected chi connectivity index (χ1v) is 9.55. The van der Waals surface area contributed by atoms with E-state index in [1.54, 1.807) is 12.1 Å². The number of rotatable bonds is 8. The van der Waals surface area contributed by atoms with Crippen molar-refractivity contribution in [2.45, 2.75) is 32.2 Å². The molecule has 1 atom stereocenters. The van der Waals surface area contributed by atoms with Crippen molar-refractivity contribution in [2.24, 2.45) is 5.73 Å². The zero-order valence-corrected chi connectivity index (χ0v) is 15.8. The lowest BCUT2D eigenvalue weighted by Gasteiger charge is -2.20. The van der Waals surface area contributed by atoms with E-state index >= 15 is 0 Å². The molecule has 27 heavy (non-hydrogen) atoms. The third kappa shape index (κ3) is 5.16. The molecule has 0 aliphatic carbocycles. The van der Waals surface area contributed by atoms with Crippen LogP contribution in [0, 0.1) is 11.3 Å². The number of nitrogens with two attached hydrogens (primary N) is 1. The summed E-state index contributed by atoms with van der Waals surface area (Å²) in [6.07, 6.45) is 3.02. The summed E-state index contributed by atoms with van der Waals surface area (Å²) in [5.74, 6) is 1.52. The number of aryl methyl sites for hydroxylation is 1. The van der Waals surface area contributed by atoms with Gasteiger partial charge < -0.3 is 21.3 Å². The number of aromatic nitrogens is 2. The fourth-order valence-electron chi connectivity index (χ4n) is 3.30. The molecule has 1 aliphatic heterocycles. The molecule has 4 N–H and O–H groups in total. The molecule has 1 saturated heterocycles. The summed E-state index contributed by atoms with van der Waals surface area (Å²) in [4.78, 5) is 11.7. The minimum atomic E-state index is 0.446. The number of benzene rings is 1.